The third-order valence-electron chi connectivity index (χ3n) is 4.86. The van der Waals surface area contributed by atoms with Crippen LogP contribution in [0.25, 0.3) is 0 Å². The highest BCUT2D eigenvalue weighted by molar-refractivity contribution is 5.89. The van der Waals surface area contributed by atoms with Gasteiger partial charge in [-0.05, 0) is 25.2 Å². The number of carboxylic acid groups (broad SMARTS) is 1. The Morgan fingerprint density at radius 2 is 1.90 bits per heavy atom. The first-order chi connectivity index (χ1) is 9.93. The molecule has 1 saturated heterocycles. The molecule has 0 aromatic heterocycles. The molecule has 0 radical (unpaired) electrons. The second-order valence-corrected chi connectivity index (χ2v) is 6.23. The van der Waals surface area contributed by atoms with Crippen molar-refractivity contribution < 1.29 is 19.5 Å². The highest BCUT2D eigenvalue weighted by atomic mass is 16.4. The van der Waals surface area contributed by atoms with Crippen molar-refractivity contribution in [2.75, 3.05) is 26.7 Å². The van der Waals surface area contributed by atoms with Crippen molar-refractivity contribution in [3.8, 4) is 0 Å². The predicted molar refractivity (Wildman–Crippen MR) is 76.5 cm³/mol. The Morgan fingerprint density at radius 3 is 2.52 bits per heavy atom. The van der Waals surface area contributed by atoms with Crippen LogP contribution in [0.4, 0.5) is 0 Å². The maximum Gasteiger partial charge on any atom is 0.307 e. The molecule has 3 atom stereocenters. The minimum Gasteiger partial charge on any atom is -0.481 e. The molecule has 6 nitrogen and oxygen atoms in total. The average Bonchev–Trinajstić information content (AvgIpc) is 2.82. The Labute approximate surface area is 125 Å². The van der Waals surface area contributed by atoms with Crippen LogP contribution in [0.5, 0.6) is 0 Å². The van der Waals surface area contributed by atoms with Crippen LogP contribution in [-0.4, -0.2) is 59.4 Å². The zero-order valence-corrected chi connectivity index (χ0v) is 12.7. The lowest BCUT2D eigenvalue weighted by molar-refractivity contribution is -0.149. The molecule has 2 rings (SSSR count). The number of hydrogen-bond acceptors (Lipinski definition) is 3. The van der Waals surface area contributed by atoms with E-state index in [-0.39, 0.29) is 18.4 Å². The van der Waals surface area contributed by atoms with Crippen LogP contribution in [0.3, 0.4) is 0 Å². The Balaban J connectivity index is 2.10. The van der Waals surface area contributed by atoms with Crippen LogP contribution in [-0.2, 0) is 14.4 Å². The molecule has 2 amide bonds. The largest absolute Gasteiger partial charge is 0.481 e. The number of nitrogens with zero attached hydrogens (tertiary/aromatic N) is 2. The molecule has 1 aliphatic heterocycles. The zero-order chi connectivity index (χ0) is 15.6. The van der Waals surface area contributed by atoms with Gasteiger partial charge in [0.15, 0.2) is 0 Å². The van der Waals surface area contributed by atoms with E-state index in [1.54, 1.807) is 16.8 Å². The van der Waals surface area contributed by atoms with Crippen LogP contribution >= 0.6 is 0 Å². The third kappa shape index (κ3) is 3.36. The van der Waals surface area contributed by atoms with Gasteiger partial charge >= 0.3 is 5.97 Å². The summed E-state index contributed by atoms with van der Waals surface area (Å²) in [7, 11) is 1.74. The Morgan fingerprint density at radius 1 is 1.24 bits per heavy atom. The summed E-state index contributed by atoms with van der Waals surface area (Å²) in [5, 5.41) is 9.35. The van der Waals surface area contributed by atoms with E-state index in [4.69, 9.17) is 0 Å². The molecular formula is C15H24N2O4. The molecule has 0 bridgehead atoms. The van der Waals surface area contributed by atoms with E-state index in [0.717, 1.165) is 12.8 Å². The highest BCUT2D eigenvalue weighted by Gasteiger charge is 2.44. The highest BCUT2D eigenvalue weighted by Crippen LogP contribution is 2.39. The Hall–Kier alpha value is -1.59. The topological polar surface area (TPSA) is 77.9 Å². The molecule has 0 aromatic rings. The second-order valence-electron chi connectivity index (χ2n) is 6.23. The van der Waals surface area contributed by atoms with Crippen LogP contribution in [0.1, 0.15) is 32.6 Å². The summed E-state index contributed by atoms with van der Waals surface area (Å²) in [6.45, 7) is 3.29. The van der Waals surface area contributed by atoms with Crippen molar-refractivity contribution in [3.63, 3.8) is 0 Å². The first kappa shape index (κ1) is 15.8. The van der Waals surface area contributed by atoms with Crippen molar-refractivity contribution >= 4 is 17.8 Å². The SMILES string of the molecule is CCC1CC(C(=O)O)C(C(=O)N2CCCN(C)C(=O)C2)C1. The molecule has 0 spiro atoms. The minimum absolute atomic E-state index is 0.0715. The van der Waals surface area contributed by atoms with Gasteiger partial charge in [0, 0.05) is 20.1 Å². The second kappa shape index (κ2) is 6.45. The minimum atomic E-state index is -0.887. The van der Waals surface area contributed by atoms with Gasteiger partial charge in [0.05, 0.1) is 18.4 Å². The number of rotatable bonds is 3. The fourth-order valence-electron chi connectivity index (χ4n) is 3.43. The number of carbonyl (C=O) groups is 3. The Bertz CT molecular complexity index is 437. The summed E-state index contributed by atoms with van der Waals surface area (Å²) in [5.41, 5.74) is 0. The average molecular weight is 296 g/mol. The van der Waals surface area contributed by atoms with E-state index in [2.05, 4.69) is 0 Å². The number of carbonyl (C=O) groups excluding carboxylic acids is 2. The first-order valence-electron chi connectivity index (χ1n) is 7.69. The number of hydrogen-bond donors (Lipinski definition) is 1. The molecule has 21 heavy (non-hydrogen) atoms. The van der Waals surface area contributed by atoms with E-state index >= 15 is 0 Å². The maximum absolute atomic E-state index is 12.7. The lowest BCUT2D eigenvalue weighted by Gasteiger charge is -2.25. The third-order valence-corrected chi connectivity index (χ3v) is 4.86. The molecule has 1 aliphatic carbocycles. The van der Waals surface area contributed by atoms with E-state index < -0.39 is 17.8 Å². The molecule has 1 heterocycles. The molecule has 2 fully saturated rings. The standard InChI is InChI=1S/C15H24N2O4/c1-3-10-7-11(12(8-10)15(20)21)14(19)17-6-4-5-16(2)13(18)9-17/h10-12H,3-9H2,1-2H3,(H,20,21). The normalized spacial score (nSPS) is 30.4. The predicted octanol–water partition coefficient (Wildman–Crippen LogP) is 0.814. The van der Waals surface area contributed by atoms with E-state index in [0.29, 0.717) is 31.8 Å². The van der Waals surface area contributed by atoms with Gasteiger partial charge in [-0.2, -0.15) is 0 Å². The zero-order valence-electron chi connectivity index (χ0n) is 12.7. The van der Waals surface area contributed by atoms with Gasteiger partial charge in [0.2, 0.25) is 11.8 Å². The number of amides is 2. The number of aliphatic carboxylic acids is 1. The summed E-state index contributed by atoms with van der Waals surface area (Å²) in [4.78, 5) is 39.2. The van der Waals surface area contributed by atoms with Gasteiger partial charge in [-0.3, -0.25) is 14.4 Å². The molecule has 2 aliphatic rings. The lowest BCUT2D eigenvalue weighted by Crippen LogP contribution is -2.43. The fraction of sp³-hybridized carbons (Fsp3) is 0.800. The van der Waals surface area contributed by atoms with Gasteiger partial charge < -0.3 is 14.9 Å². The summed E-state index contributed by atoms with van der Waals surface area (Å²) in [6, 6.07) is 0. The molecule has 118 valence electrons. The number of carboxylic acids is 1. The van der Waals surface area contributed by atoms with Gasteiger partial charge in [-0.1, -0.05) is 13.3 Å². The molecule has 3 unspecified atom stereocenters. The monoisotopic (exact) mass is 296 g/mol. The quantitative estimate of drug-likeness (QED) is 0.836. The van der Waals surface area contributed by atoms with Gasteiger partial charge in [-0.15, -0.1) is 0 Å². The summed E-state index contributed by atoms with van der Waals surface area (Å²) >= 11 is 0. The molecule has 6 heteroatoms. The lowest BCUT2D eigenvalue weighted by atomic mass is 9.94. The van der Waals surface area contributed by atoms with E-state index in [1.807, 2.05) is 6.92 Å². The van der Waals surface area contributed by atoms with Gasteiger partial charge in [-0.25, -0.2) is 0 Å². The molecule has 1 N–H and O–H groups in total. The molecule has 1 saturated carbocycles. The summed E-state index contributed by atoms with van der Waals surface area (Å²) in [6.07, 6.45) is 2.85. The fourth-order valence-corrected chi connectivity index (χ4v) is 3.43. The van der Waals surface area contributed by atoms with Crippen molar-refractivity contribution in [1.82, 2.24) is 9.80 Å². The van der Waals surface area contributed by atoms with E-state index in [9.17, 15) is 19.5 Å². The first-order valence-corrected chi connectivity index (χ1v) is 7.69. The van der Waals surface area contributed by atoms with E-state index in [1.165, 1.54) is 0 Å². The summed E-state index contributed by atoms with van der Waals surface area (Å²) < 4.78 is 0. The smallest absolute Gasteiger partial charge is 0.307 e. The van der Waals surface area contributed by atoms with Crippen LogP contribution in [0, 0.1) is 17.8 Å². The van der Waals surface area contributed by atoms with Crippen LogP contribution in [0.2, 0.25) is 0 Å². The van der Waals surface area contributed by atoms with Crippen molar-refractivity contribution in [2.24, 2.45) is 17.8 Å². The maximum atomic E-state index is 12.7. The summed E-state index contributed by atoms with van der Waals surface area (Å²) in [5.74, 6) is -1.88. The molecular weight excluding hydrogens is 272 g/mol. The number of likely N-dealkylation sites (N-methyl/N-ethyl adjacent to an activating group) is 1. The Kier molecular flexibility index (Phi) is 4.85. The molecule has 0 aromatic carbocycles. The van der Waals surface area contributed by atoms with Gasteiger partial charge in [0.1, 0.15) is 0 Å². The van der Waals surface area contributed by atoms with Crippen LogP contribution in [0.15, 0.2) is 0 Å². The van der Waals surface area contributed by atoms with Gasteiger partial charge in [0.25, 0.3) is 0 Å². The van der Waals surface area contributed by atoms with Crippen LogP contribution < -0.4 is 0 Å². The van der Waals surface area contributed by atoms with Crippen molar-refractivity contribution in [2.45, 2.75) is 32.6 Å². The van der Waals surface area contributed by atoms with Crippen molar-refractivity contribution in [1.29, 1.82) is 0 Å². The van der Waals surface area contributed by atoms with Crippen molar-refractivity contribution in [3.05, 3.63) is 0 Å².